The molecule has 0 unspecified atom stereocenters. The lowest BCUT2D eigenvalue weighted by molar-refractivity contribution is 0.0624. The minimum atomic E-state index is 0.0349. The van der Waals surface area contributed by atoms with Crippen molar-refractivity contribution in [2.45, 2.75) is 6.54 Å². The Hall–Kier alpha value is -2.50. The van der Waals surface area contributed by atoms with Gasteiger partial charge in [-0.25, -0.2) is 0 Å². The summed E-state index contributed by atoms with van der Waals surface area (Å²) in [6, 6.07) is 20.4. The Morgan fingerprint density at radius 2 is 1.69 bits per heavy atom. The third kappa shape index (κ3) is 3.84. The molecule has 0 radical (unpaired) electrons. The summed E-state index contributed by atoms with van der Waals surface area (Å²) in [4.78, 5) is 23.6. The number of benzene rings is 1. The summed E-state index contributed by atoms with van der Waals surface area (Å²) in [6.07, 6.45) is 1.67. The molecule has 3 aromatic rings. The van der Waals surface area contributed by atoms with Gasteiger partial charge in [-0.3, -0.25) is 14.7 Å². The standard InChI is InChI=1S/C21H21N3OS/c25-21(19-8-4-5-11-22-19)24-14-12-23(13-15-24)16-18-9-10-20(26-18)17-6-2-1-3-7-17/h1-11H,12-16H2. The zero-order chi connectivity index (χ0) is 17.8. The number of rotatable bonds is 4. The van der Waals surface area contributed by atoms with Crippen LogP contribution in [0.4, 0.5) is 0 Å². The Morgan fingerprint density at radius 1 is 0.923 bits per heavy atom. The third-order valence-electron chi connectivity index (χ3n) is 4.64. The first-order chi connectivity index (χ1) is 12.8. The van der Waals surface area contributed by atoms with Gasteiger partial charge in [0.2, 0.25) is 0 Å². The van der Waals surface area contributed by atoms with Crippen LogP contribution in [0.3, 0.4) is 0 Å². The van der Waals surface area contributed by atoms with Crippen molar-refractivity contribution in [3.8, 4) is 10.4 Å². The van der Waals surface area contributed by atoms with Gasteiger partial charge in [0.15, 0.2) is 0 Å². The molecule has 0 atom stereocenters. The molecule has 1 aliphatic heterocycles. The van der Waals surface area contributed by atoms with Gasteiger partial charge < -0.3 is 4.90 Å². The number of nitrogens with zero attached hydrogens (tertiary/aromatic N) is 3. The zero-order valence-corrected chi connectivity index (χ0v) is 15.4. The summed E-state index contributed by atoms with van der Waals surface area (Å²) in [5, 5.41) is 0. The first kappa shape index (κ1) is 16.9. The largest absolute Gasteiger partial charge is 0.335 e. The highest BCUT2D eigenvalue weighted by Crippen LogP contribution is 2.28. The predicted molar refractivity (Wildman–Crippen MR) is 105 cm³/mol. The van der Waals surface area contributed by atoms with Crippen molar-refractivity contribution in [2.24, 2.45) is 0 Å². The van der Waals surface area contributed by atoms with Crippen LogP contribution in [0.2, 0.25) is 0 Å². The van der Waals surface area contributed by atoms with E-state index in [1.807, 2.05) is 34.4 Å². The second-order valence-corrected chi connectivity index (χ2v) is 7.58. The van der Waals surface area contributed by atoms with Gasteiger partial charge in [0.05, 0.1) is 0 Å². The van der Waals surface area contributed by atoms with Crippen LogP contribution in [0, 0.1) is 0 Å². The molecular formula is C21H21N3OS. The molecule has 1 saturated heterocycles. The van der Waals surface area contributed by atoms with Gasteiger partial charge in [-0.2, -0.15) is 0 Å². The van der Waals surface area contributed by atoms with E-state index in [1.165, 1.54) is 15.3 Å². The highest BCUT2D eigenvalue weighted by molar-refractivity contribution is 7.15. The van der Waals surface area contributed by atoms with E-state index in [2.05, 4.69) is 46.3 Å². The first-order valence-electron chi connectivity index (χ1n) is 8.86. The van der Waals surface area contributed by atoms with E-state index in [0.29, 0.717) is 5.69 Å². The summed E-state index contributed by atoms with van der Waals surface area (Å²) in [5.41, 5.74) is 1.81. The Bertz CT molecular complexity index is 855. The average Bonchev–Trinajstić information content (AvgIpc) is 3.18. The number of hydrogen-bond donors (Lipinski definition) is 0. The maximum atomic E-state index is 12.5. The molecule has 1 aromatic carbocycles. The van der Waals surface area contributed by atoms with Crippen molar-refractivity contribution < 1.29 is 4.79 Å². The molecule has 0 saturated carbocycles. The second kappa shape index (κ2) is 7.81. The molecule has 3 heterocycles. The molecule has 0 aliphatic carbocycles. The van der Waals surface area contributed by atoms with Gasteiger partial charge in [-0.05, 0) is 29.8 Å². The Labute approximate surface area is 157 Å². The van der Waals surface area contributed by atoms with Gasteiger partial charge in [0.25, 0.3) is 5.91 Å². The highest BCUT2D eigenvalue weighted by Gasteiger charge is 2.23. The topological polar surface area (TPSA) is 36.4 Å². The number of pyridine rings is 1. The van der Waals surface area contributed by atoms with Crippen molar-refractivity contribution in [2.75, 3.05) is 26.2 Å². The number of amides is 1. The molecule has 4 rings (SSSR count). The van der Waals surface area contributed by atoms with Crippen molar-refractivity contribution in [3.63, 3.8) is 0 Å². The molecule has 1 fully saturated rings. The van der Waals surface area contributed by atoms with E-state index in [-0.39, 0.29) is 5.91 Å². The molecule has 0 N–H and O–H groups in total. The lowest BCUT2D eigenvalue weighted by Gasteiger charge is -2.34. The lowest BCUT2D eigenvalue weighted by Crippen LogP contribution is -2.48. The molecule has 2 aromatic heterocycles. The van der Waals surface area contributed by atoms with E-state index < -0.39 is 0 Å². The van der Waals surface area contributed by atoms with Crippen LogP contribution in [-0.2, 0) is 6.54 Å². The van der Waals surface area contributed by atoms with Crippen LogP contribution in [-0.4, -0.2) is 46.9 Å². The van der Waals surface area contributed by atoms with Gasteiger partial charge in [-0.15, -0.1) is 11.3 Å². The minimum Gasteiger partial charge on any atom is -0.335 e. The summed E-state index contributed by atoms with van der Waals surface area (Å²) >= 11 is 1.85. The van der Waals surface area contributed by atoms with Crippen molar-refractivity contribution in [1.82, 2.24) is 14.8 Å². The fourth-order valence-corrected chi connectivity index (χ4v) is 4.26. The van der Waals surface area contributed by atoms with E-state index in [0.717, 1.165) is 32.7 Å². The Morgan fingerprint density at radius 3 is 2.42 bits per heavy atom. The maximum Gasteiger partial charge on any atom is 0.272 e. The monoisotopic (exact) mass is 363 g/mol. The van der Waals surface area contributed by atoms with E-state index in [1.54, 1.807) is 12.3 Å². The smallest absolute Gasteiger partial charge is 0.272 e. The maximum absolute atomic E-state index is 12.5. The van der Waals surface area contributed by atoms with Crippen LogP contribution in [0.1, 0.15) is 15.4 Å². The van der Waals surface area contributed by atoms with E-state index in [4.69, 9.17) is 0 Å². The fourth-order valence-electron chi connectivity index (χ4n) is 3.20. The molecule has 4 nitrogen and oxygen atoms in total. The Kier molecular flexibility index (Phi) is 5.09. The van der Waals surface area contributed by atoms with Crippen LogP contribution in [0.15, 0.2) is 66.9 Å². The number of carbonyl (C=O) groups is 1. The summed E-state index contributed by atoms with van der Waals surface area (Å²) in [6.45, 7) is 4.26. The average molecular weight is 363 g/mol. The van der Waals surface area contributed by atoms with Crippen LogP contribution < -0.4 is 0 Å². The quantitative estimate of drug-likeness (QED) is 0.708. The van der Waals surface area contributed by atoms with Gasteiger partial charge >= 0.3 is 0 Å². The van der Waals surface area contributed by atoms with Crippen molar-refractivity contribution in [3.05, 3.63) is 77.4 Å². The first-order valence-corrected chi connectivity index (χ1v) is 9.68. The zero-order valence-electron chi connectivity index (χ0n) is 14.5. The molecular weight excluding hydrogens is 342 g/mol. The van der Waals surface area contributed by atoms with Crippen molar-refractivity contribution >= 4 is 17.2 Å². The normalized spacial score (nSPS) is 15.2. The fraction of sp³-hybridized carbons (Fsp3) is 0.238. The third-order valence-corrected chi connectivity index (χ3v) is 5.76. The number of hydrogen-bond acceptors (Lipinski definition) is 4. The van der Waals surface area contributed by atoms with Crippen molar-refractivity contribution in [1.29, 1.82) is 0 Å². The molecule has 5 heteroatoms. The SMILES string of the molecule is O=C(c1ccccn1)N1CCN(Cc2ccc(-c3ccccc3)s2)CC1. The van der Waals surface area contributed by atoms with E-state index >= 15 is 0 Å². The predicted octanol–water partition coefficient (Wildman–Crippen LogP) is 3.77. The van der Waals surface area contributed by atoms with Crippen LogP contribution >= 0.6 is 11.3 Å². The number of thiophene rings is 1. The summed E-state index contributed by atoms with van der Waals surface area (Å²) in [7, 11) is 0. The molecule has 26 heavy (non-hydrogen) atoms. The highest BCUT2D eigenvalue weighted by atomic mass is 32.1. The number of aromatic nitrogens is 1. The van der Waals surface area contributed by atoms with E-state index in [9.17, 15) is 4.79 Å². The molecule has 132 valence electrons. The second-order valence-electron chi connectivity index (χ2n) is 6.42. The number of carbonyl (C=O) groups excluding carboxylic acids is 1. The summed E-state index contributed by atoms with van der Waals surface area (Å²) < 4.78 is 0. The molecule has 1 amide bonds. The molecule has 0 spiro atoms. The molecule has 0 bridgehead atoms. The van der Waals surface area contributed by atoms with Crippen LogP contribution in [0.5, 0.6) is 0 Å². The lowest BCUT2D eigenvalue weighted by atomic mass is 10.2. The molecule has 1 aliphatic rings. The minimum absolute atomic E-state index is 0.0349. The van der Waals surface area contributed by atoms with Gasteiger partial charge in [0.1, 0.15) is 5.69 Å². The Balaban J connectivity index is 1.33. The van der Waals surface area contributed by atoms with Gasteiger partial charge in [0, 0.05) is 48.7 Å². The summed E-state index contributed by atoms with van der Waals surface area (Å²) in [5.74, 6) is 0.0349. The number of piperazine rings is 1. The van der Waals surface area contributed by atoms with Crippen LogP contribution in [0.25, 0.3) is 10.4 Å². The van der Waals surface area contributed by atoms with Gasteiger partial charge in [-0.1, -0.05) is 36.4 Å².